The second kappa shape index (κ2) is 3.85. The van der Waals surface area contributed by atoms with E-state index in [1.807, 2.05) is 13.8 Å². The standard InChI is InChI=1S/C12H13FN2/c1-8-5-10(13)6-9(2)11(8)7-12-14-3-4-15-12/h3-6H,7H2,1-2H3,(H,14,15). The van der Waals surface area contributed by atoms with Crippen LogP contribution in [0, 0.1) is 19.7 Å². The van der Waals surface area contributed by atoms with Gasteiger partial charge in [-0.1, -0.05) is 0 Å². The smallest absolute Gasteiger partial charge is 0.123 e. The monoisotopic (exact) mass is 204 g/mol. The first-order valence-corrected chi connectivity index (χ1v) is 4.90. The van der Waals surface area contributed by atoms with Gasteiger partial charge in [-0.15, -0.1) is 0 Å². The molecular weight excluding hydrogens is 191 g/mol. The van der Waals surface area contributed by atoms with E-state index >= 15 is 0 Å². The number of nitrogens with zero attached hydrogens (tertiary/aromatic N) is 1. The Balaban J connectivity index is 2.36. The van der Waals surface area contributed by atoms with E-state index in [2.05, 4.69) is 9.97 Å². The van der Waals surface area contributed by atoms with E-state index in [0.29, 0.717) is 0 Å². The number of H-pyrrole nitrogens is 1. The number of hydrogen-bond acceptors (Lipinski definition) is 1. The molecule has 0 saturated carbocycles. The van der Waals surface area contributed by atoms with E-state index < -0.39 is 0 Å². The SMILES string of the molecule is Cc1cc(F)cc(C)c1Cc1ncc[nH]1. The van der Waals surface area contributed by atoms with Gasteiger partial charge in [-0.3, -0.25) is 0 Å². The molecular formula is C12H13FN2. The number of aromatic nitrogens is 2. The molecule has 0 amide bonds. The topological polar surface area (TPSA) is 28.7 Å². The van der Waals surface area contributed by atoms with Gasteiger partial charge < -0.3 is 4.98 Å². The van der Waals surface area contributed by atoms with Crippen LogP contribution in [-0.2, 0) is 6.42 Å². The lowest BCUT2D eigenvalue weighted by Gasteiger charge is -2.08. The average Bonchev–Trinajstić information content (AvgIpc) is 2.63. The maximum Gasteiger partial charge on any atom is 0.123 e. The molecule has 1 N–H and O–H groups in total. The summed E-state index contributed by atoms with van der Waals surface area (Å²) in [5.41, 5.74) is 3.10. The van der Waals surface area contributed by atoms with Crippen LogP contribution >= 0.6 is 0 Å². The van der Waals surface area contributed by atoms with Crippen LogP contribution in [0.5, 0.6) is 0 Å². The van der Waals surface area contributed by atoms with Crippen molar-refractivity contribution in [2.75, 3.05) is 0 Å². The molecule has 78 valence electrons. The summed E-state index contributed by atoms with van der Waals surface area (Å²) in [7, 11) is 0. The first-order chi connectivity index (χ1) is 7.16. The summed E-state index contributed by atoms with van der Waals surface area (Å²) in [5.74, 6) is 0.737. The number of hydrogen-bond donors (Lipinski definition) is 1. The maximum atomic E-state index is 13.1. The highest BCUT2D eigenvalue weighted by atomic mass is 19.1. The summed E-state index contributed by atoms with van der Waals surface area (Å²) in [6, 6.07) is 3.12. The zero-order valence-corrected chi connectivity index (χ0v) is 8.84. The van der Waals surface area contributed by atoms with Crippen molar-refractivity contribution in [3.05, 3.63) is 52.9 Å². The molecule has 0 aliphatic rings. The molecule has 0 saturated heterocycles. The number of nitrogens with one attached hydrogen (secondary N) is 1. The fourth-order valence-corrected chi connectivity index (χ4v) is 1.78. The Hall–Kier alpha value is -1.64. The van der Waals surface area contributed by atoms with Crippen LogP contribution in [0.1, 0.15) is 22.5 Å². The second-order valence-corrected chi connectivity index (χ2v) is 3.73. The molecule has 2 rings (SSSR count). The lowest BCUT2D eigenvalue weighted by atomic mass is 9.99. The minimum atomic E-state index is -0.173. The van der Waals surface area contributed by atoms with Crippen LogP contribution in [0.2, 0.25) is 0 Å². The molecule has 0 atom stereocenters. The van der Waals surface area contributed by atoms with Crippen LogP contribution in [-0.4, -0.2) is 9.97 Å². The minimum absolute atomic E-state index is 0.173. The minimum Gasteiger partial charge on any atom is -0.348 e. The zero-order chi connectivity index (χ0) is 10.8. The fourth-order valence-electron chi connectivity index (χ4n) is 1.78. The molecule has 0 aliphatic heterocycles. The molecule has 1 aromatic carbocycles. The normalized spacial score (nSPS) is 10.6. The summed E-state index contributed by atoms with van der Waals surface area (Å²) in [5, 5.41) is 0. The Labute approximate surface area is 88.2 Å². The van der Waals surface area contributed by atoms with Crippen molar-refractivity contribution in [1.29, 1.82) is 0 Å². The number of aryl methyl sites for hydroxylation is 2. The third-order valence-corrected chi connectivity index (χ3v) is 2.56. The summed E-state index contributed by atoms with van der Waals surface area (Å²) in [4.78, 5) is 7.22. The van der Waals surface area contributed by atoms with E-state index in [1.54, 1.807) is 24.5 Å². The fraction of sp³-hybridized carbons (Fsp3) is 0.250. The lowest BCUT2D eigenvalue weighted by molar-refractivity contribution is 0.624. The first kappa shape index (κ1) is 9.90. The van der Waals surface area contributed by atoms with E-state index in [4.69, 9.17) is 0 Å². The van der Waals surface area contributed by atoms with Gasteiger partial charge in [-0.2, -0.15) is 0 Å². The highest BCUT2D eigenvalue weighted by Gasteiger charge is 2.07. The Morgan fingerprint density at radius 2 is 1.93 bits per heavy atom. The molecule has 0 radical (unpaired) electrons. The van der Waals surface area contributed by atoms with E-state index in [0.717, 1.165) is 28.9 Å². The number of imidazole rings is 1. The molecule has 0 unspecified atom stereocenters. The molecule has 1 aromatic heterocycles. The van der Waals surface area contributed by atoms with Gasteiger partial charge >= 0.3 is 0 Å². The molecule has 15 heavy (non-hydrogen) atoms. The molecule has 1 heterocycles. The predicted molar refractivity (Wildman–Crippen MR) is 57.3 cm³/mol. The number of aromatic amines is 1. The van der Waals surface area contributed by atoms with Crippen molar-refractivity contribution >= 4 is 0 Å². The van der Waals surface area contributed by atoms with Crippen molar-refractivity contribution in [2.45, 2.75) is 20.3 Å². The zero-order valence-electron chi connectivity index (χ0n) is 8.84. The van der Waals surface area contributed by atoms with Gasteiger partial charge in [0.05, 0.1) is 0 Å². The molecule has 2 nitrogen and oxygen atoms in total. The Morgan fingerprint density at radius 1 is 1.27 bits per heavy atom. The van der Waals surface area contributed by atoms with Crippen LogP contribution < -0.4 is 0 Å². The third kappa shape index (κ3) is 2.06. The molecule has 0 spiro atoms. The highest BCUT2D eigenvalue weighted by molar-refractivity contribution is 5.36. The van der Waals surface area contributed by atoms with Crippen molar-refractivity contribution in [3.8, 4) is 0 Å². The van der Waals surface area contributed by atoms with Gasteiger partial charge in [0, 0.05) is 18.8 Å². The summed E-state index contributed by atoms with van der Waals surface area (Å²) in [6.07, 6.45) is 4.25. The second-order valence-electron chi connectivity index (χ2n) is 3.73. The molecule has 0 fully saturated rings. The number of halogens is 1. The Bertz CT molecular complexity index is 437. The van der Waals surface area contributed by atoms with Gasteiger partial charge in [-0.25, -0.2) is 9.37 Å². The van der Waals surface area contributed by atoms with E-state index in [1.165, 1.54) is 0 Å². The van der Waals surface area contributed by atoms with Gasteiger partial charge in [-0.05, 0) is 42.7 Å². The average molecular weight is 204 g/mol. The Morgan fingerprint density at radius 3 is 2.47 bits per heavy atom. The number of rotatable bonds is 2. The van der Waals surface area contributed by atoms with Crippen molar-refractivity contribution in [2.24, 2.45) is 0 Å². The summed E-state index contributed by atoms with van der Waals surface area (Å²) < 4.78 is 13.1. The van der Waals surface area contributed by atoms with Crippen LogP contribution in [0.4, 0.5) is 4.39 Å². The number of benzene rings is 1. The maximum absolute atomic E-state index is 13.1. The van der Waals surface area contributed by atoms with Gasteiger partial charge in [0.25, 0.3) is 0 Å². The quantitative estimate of drug-likeness (QED) is 0.800. The highest BCUT2D eigenvalue weighted by Crippen LogP contribution is 2.18. The summed E-state index contributed by atoms with van der Waals surface area (Å²) in [6.45, 7) is 3.85. The van der Waals surface area contributed by atoms with Gasteiger partial charge in [0.15, 0.2) is 0 Å². The summed E-state index contributed by atoms with van der Waals surface area (Å²) >= 11 is 0. The van der Waals surface area contributed by atoms with Crippen LogP contribution in [0.25, 0.3) is 0 Å². The van der Waals surface area contributed by atoms with Crippen LogP contribution in [0.3, 0.4) is 0 Å². The Kier molecular flexibility index (Phi) is 2.54. The van der Waals surface area contributed by atoms with E-state index in [9.17, 15) is 4.39 Å². The molecule has 3 heteroatoms. The molecule has 0 aliphatic carbocycles. The first-order valence-electron chi connectivity index (χ1n) is 4.90. The molecule has 0 bridgehead atoms. The molecule has 2 aromatic rings. The van der Waals surface area contributed by atoms with Crippen molar-refractivity contribution < 1.29 is 4.39 Å². The lowest BCUT2D eigenvalue weighted by Crippen LogP contribution is -1.98. The van der Waals surface area contributed by atoms with Gasteiger partial charge in [0.1, 0.15) is 11.6 Å². The predicted octanol–water partition coefficient (Wildman–Crippen LogP) is 2.76. The largest absolute Gasteiger partial charge is 0.348 e. The van der Waals surface area contributed by atoms with Crippen molar-refractivity contribution in [1.82, 2.24) is 9.97 Å². The van der Waals surface area contributed by atoms with Crippen molar-refractivity contribution in [3.63, 3.8) is 0 Å². The third-order valence-electron chi connectivity index (χ3n) is 2.56. The van der Waals surface area contributed by atoms with Crippen LogP contribution in [0.15, 0.2) is 24.5 Å². The van der Waals surface area contributed by atoms with Gasteiger partial charge in [0.2, 0.25) is 0 Å². The van der Waals surface area contributed by atoms with E-state index in [-0.39, 0.29) is 5.82 Å².